The van der Waals surface area contributed by atoms with Crippen LogP contribution in [0, 0.1) is 0 Å². The van der Waals surface area contributed by atoms with E-state index in [2.05, 4.69) is 20.3 Å². The Morgan fingerprint density at radius 1 is 0.960 bits per heavy atom. The Morgan fingerprint density at radius 2 is 1.76 bits per heavy atom. The minimum Gasteiger partial charge on any atom is -0.348 e. The van der Waals surface area contributed by atoms with Crippen LogP contribution in [0.4, 0.5) is 0 Å². The summed E-state index contributed by atoms with van der Waals surface area (Å²) in [4.78, 5) is 23.8. The number of benzene rings is 2. The Morgan fingerprint density at radius 3 is 2.56 bits per heavy atom. The second kappa shape index (κ2) is 6.57. The minimum atomic E-state index is -0.0745. The topological polar surface area (TPSA) is 70.7 Å². The van der Waals surface area contributed by atoms with Crippen molar-refractivity contribution >= 4 is 16.9 Å². The van der Waals surface area contributed by atoms with Gasteiger partial charge in [-0.1, -0.05) is 42.5 Å². The number of rotatable bonds is 4. The predicted octanol–water partition coefficient (Wildman–Crippen LogP) is 3.55. The summed E-state index contributed by atoms with van der Waals surface area (Å²) in [6, 6.07) is 19.2. The lowest BCUT2D eigenvalue weighted by Crippen LogP contribution is -2.22. The number of aromatic nitrogens is 3. The SMILES string of the molecule is O=C(NCc1ccc(-c2ncnc3[nH]ccc23)cc1)c1ccccc1. The molecule has 4 rings (SSSR count). The first-order chi connectivity index (χ1) is 12.3. The zero-order chi connectivity index (χ0) is 17.1. The van der Waals surface area contributed by atoms with Crippen molar-refractivity contribution < 1.29 is 4.79 Å². The van der Waals surface area contributed by atoms with E-state index in [0.29, 0.717) is 12.1 Å². The van der Waals surface area contributed by atoms with Gasteiger partial charge < -0.3 is 10.3 Å². The number of aromatic amines is 1. The average molecular weight is 328 g/mol. The summed E-state index contributed by atoms with van der Waals surface area (Å²) >= 11 is 0. The van der Waals surface area contributed by atoms with Gasteiger partial charge >= 0.3 is 0 Å². The molecule has 2 aromatic carbocycles. The molecule has 2 aromatic heterocycles. The normalized spacial score (nSPS) is 10.7. The second-order valence-corrected chi connectivity index (χ2v) is 5.71. The van der Waals surface area contributed by atoms with Crippen molar-refractivity contribution in [1.82, 2.24) is 20.3 Å². The second-order valence-electron chi connectivity index (χ2n) is 5.71. The van der Waals surface area contributed by atoms with Crippen LogP contribution in [-0.2, 0) is 6.54 Å². The van der Waals surface area contributed by atoms with Gasteiger partial charge in [0.15, 0.2) is 0 Å². The lowest BCUT2D eigenvalue weighted by Gasteiger charge is -2.07. The van der Waals surface area contributed by atoms with Gasteiger partial charge in [0, 0.05) is 29.3 Å². The molecule has 0 saturated heterocycles. The predicted molar refractivity (Wildman–Crippen MR) is 96.9 cm³/mol. The standard InChI is InChI=1S/C20H16N4O/c25-20(16-4-2-1-3-5-16)22-12-14-6-8-15(9-7-14)18-17-10-11-21-19(17)24-13-23-18/h1-11,13H,12H2,(H,22,25)(H,21,23,24). The van der Waals surface area contributed by atoms with Gasteiger partial charge in [0.2, 0.25) is 0 Å². The van der Waals surface area contributed by atoms with E-state index in [1.807, 2.05) is 54.7 Å². The van der Waals surface area contributed by atoms with Crippen molar-refractivity contribution in [3.8, 4) is 11.3 Å². The van der Waals surface area contributed by atoms with E-state index in [0.717, 1.165) is 27.9 Å². The zero-order valence-electron chi connectivity index (χ0n) is 13.4. The van der Waals surface area contributed by atoms with Gasteiger partial charge in [-0.3, -0.25) is 4.79 Å². The summed E-state index contributed by atoms with van der Waals surface area (Å²) in [7, 11) is 0. The molecule has 0 saturated carbocycles. The molecule has 0 bridgehead atoms. The number of carbonyl (C=O) groups is 1. The van der Waals surface area contributed by atoms with Gasteiger partial charge in [0.1, 0.15) is 12.0 Å². The fourth-order valence-electron chi connectivity index (χ4n) is 2.76. The quantitative estimate of drug-likeness (QED) is 0.602. The molecule has 2 heterocycles. The molecule has 0 spiro atoms. The maximum atomic E-state index is 12.1. The van der Waals surface area contributed by atoms with Crippen molar-refractivity contribution in [2.24, 2.45) is 0 Å². The first-order valence-electron chi connectivity index (χ1n) is 8.02. The lowest BCUT2D eigenvalue weighted by atomic mass is 10.1. The lowest BCUT2D eigenvalue weighted by molar-refractivity contribution is 0.0951. The number of H-pyrrole nitrogens is 1. The molecule has 5 heteroatoms. The van der Waals surface area contributed by atoms with Gasteiger partial charge in [-0.05, 0) is 23.8 Å². The van der Waals surface area contributed by atoms with Crippen LogP contribution in [0.15, 0.2) is 73.2 Å². The van der Waals surface area contributed by atoms with Crippen LogP contribution in [0.1, 0.15) is 15.9 Å². The number of hydrogen-bond acceptors (Lipinski definition) is 3. The van der Waals surface area contributed by atoms with Gasteiger partial charge in [-0.25, -0.2) is 9.97 Å². The first kappa shape index (κ1) is 15.1. The highest BCUT2D eigenvalue weighted by Gasteiger charge is 2.08. The summed E-state index contributed by atoms with van der Waals surface area (Å²) in [6.07, 6.45) is 3.42. The van der Waals surface area contributed by atoms with Crippen LogP contribution in [0.25, 0.3) is 22.3 Å². The first-order valence-corrected chi connectivity index (χ1v) is 8.02. The van der Waals surface area contributed by atoms with Crippen LogP contribution >= 0.6 is 0 Å². The molecule has 0 aliphatic carbocycles. The third-order valence-electron chi connectivity index (χ3n) is 4.07. The van der Waals surface area contributed by atoms with Gasteiger partial charge in [-0.2, -0.15) is 0 Å². The van der Waals surface area contributed by atoms with Crippen molar-refractivity contribution in [1.29, 1.82) is 0 Å². The maximum absolute atomic E-state index is 12.1. The van der Waals surface area contributed by atoms with Crippen molar-refractivity contribution in [2.45, 2.75) is 6.54 Å². The highest BCUT2D eigenvalue weighted by atomic mass is 16.1. The largest absolute Gasteiger partial charge is 0.348 e. The monoisotopic (exact) mass is 328 g/mol. The Labute approximate surface area is 144 Å². The van der Waals surface area contributed by atoms with Crippen LogP contribution in [-0.4, -0.2) is 20.9 Å². The molecule has 0 unspecified atom stereocenters. The van der Waals surface area contributed by atoms with Crippen LogP contribution in [0.3, 0.4) is 0 Å². The molecule has 5 nitrogen and oxygen atoms in total. The molecule has 2 N–H and O–H groups in total. The zero-order valence-corrected chi connectivity index (χ0v) is 13.4. The number of fused-ring (bicyclic) bond motifs is 1. The van der Waals surface area contributed by atoms with E-state index < -0.39 is 0 Å². The van der Waals surface area contributed by atoms with Crippen LogP contribution < -0.4 is 5.32 Å². The summed E-state index contributed by atoms with van der Waals surface area (Å²) < 4.78 is 0. The third kappa shape index (κ3) is 3.12. The van der Waals surface area contributed by atoms with Gasteiger partial charge in [0.25, 0.3) is 5.91 Å². The average Bonchev–Trinajstić information content (AvgIpc) is 3.16. The van der Waals surface area contributed by atoms with Gasteiger partial charge in [-0.15, -0.1) is 0 Å². The molecular weight excluding hydrogens is 312 g/mol. The summed E-state index contributed by atoms with van der Waals surface area (Å²) in [5, 5.41) is 3.92. The van der Waals surface area contributed by atoms with Gasteiger partial charge in [0.05, 0.1) is 5.69 Å². The molecular formula is C20H16N4O. The molecule has 25 heavy (non-hydrogen) atoms. The Balaban J connectivity index is 1.49. The summed E-state index contributed by atoms with van der Waals surface area (Å²) in [5.41, 5.74) is 4.43. The highest BCUT2D eigenvalue weighted by Crippen LogP contribution is 2.24. The fraction of sp³-hybridized carbons (Fsp3) is 0.0500. The van der Waals surface area contributed by atoms with E-state index in [-0.39, 0.29) is 5.91 Å². The fourth-order valence-corrected chi connectivity index (χ4v) is 2.76. The molecule has 1 amide bonds. The molecule has 0 aliphatic heterocycles. The van der Waals surface area contributed by atoms with Crippen LogP contribution in [0.5, 0.6) is 0 Å². The Bertz CT molecular complexity index is 1010. The number of amides is 1. The molecule has 0 aliphatic rings. The molecule has 0 fully saturated rings. The Hall–Kier alpha value is -3.47. The number of carbonyl (C=O) groups excluding carboxylic acids is 1. The molecule has 4 aromatic rings. The van der Waals surface area contributed by atoms with Crippen molar-refractivity contribution in [3.63, 3.8) is 0 Å². The number of nitrogens with one attached hydrogen (secondary N) is 2. The van der Waals surface area contributed by atoms with Crippen molar-refractivity contribution in [3.05, 3.63) is 84.3 Å². The van der Waals surface area contributed by atoms with E-state index >= 15 is 0 Å². The molecule has 122 valence electrons. The van der Waals surface area contributed by atoms with E-state index in [4.69, 9.17) is 0 Å². The van der Waals surface area contributed by atoms with Crippen LogP contribution in [0.2, 0.25) is 0 Å². The van der Waals surface area contributed by atoms with Crippen molar-refractivity contribution in [2.75, 3.05) is 0 Å². The third-order valence-corrected chi connectivity index (χ3v) is 4.07. The molecule has 0 atom stereocenters. The minimum absolute atomic E-state index is 0.0745. The maximum Gasteiger partial charge on any atom is 0.251 e. The summed E-state index contributed by atoms with van der Waals surface area (Å²) in [5.74, 6) is -0.0745. The smallest absolute Gasteiger partial charge is 0.251 e. The number of nitrogens with zero attached hydrogens (tertiary/aromatic N) is 2. The van der Waals surface area contributed by atoms with E-state index in [1.54, 1.807) is 18.5 Å². The Kier molecular flexibility index (Phi) is 3.96. The van der Waals surface area contributed by atoms with E-state index in [1.165, 1.54) is 0 Å². The number of hydrogen-bond donors (Lipinski definition) is 2. The van der Waals surface area contributed by atoms with E-state index in [9.17, 15) is 4.79 Å². The highest BCUT2D eigenvalue weighted by molar-refractivity contribution is 5.94. The molecule has 0 radical (unpaired) electrons. The summed E-state index contributed by atoms with van der Waals surface area (Å²) in [6.45, 7) is 0.483.